The van der Waals surface area contributed by atoms with Crippen molar-refractivity contribution in [2.45, 2.75) is 33.1 Å². The van der Waals surface area contributed by atoms with Crippen LogP contribution in [0.25, 0.3) is 10.2 Å². The maximum Gasteiger partial charge on any atom is 0.279 e. The van der Waals surface area contributed by atoms with E-state index < -0.39 is 0 Å². The van der Waals surface area contributed by atoms with E-state index in [9.17, 15) is 4.79 Å². The standard InChI is InChI=1S/C21H24N2O2S/c1-6-25-16-11-12-17-18(13-16)26-20(23(17)5)22-19(24)14-7-9-15(10-8-14)21(2,3)4/h7-13H,6H2,1-5H3. The van der Waals surface area contributed by atoms with Crippen LogP contribution >= 0.6 is 11.3 Å². The van der Waals surface area contributed by atoms with Gasteiger partial charge in [0.2, 0.25) is 0 Å². The Hall–Kier alpha value is -2.40. The van der Waals surface area contributed by atoms with E-state index >= 15 is 0 Å². The molecule has 0 aliphatic carbocycles. The molecule has 1 amide bonds. The molecule has 1 aromatic heterocycles. The van der Waals surface area contributed by atoms with Crippen molar-refractivity contribution < 1.29 is 9.53 Å². The van der Waals surface area contributed by atoms with E-state index in [1.165, 1.54) is 16.9 Å². The van der Waals surface area contributed by atoms with Gasteiger partial charge >= 0.3 is 0 Å². The van der Waals surface area contributed by atoms with Crippen LogP contribution < -0.4 is 9.54 Å². The van der Waals surface area contributed by atoms with E-state index in [0.29, 0.717) is 17.0 Å². The Balaban J connectivity index is 1.96. The first kappa shape index (κ1) is 18.4. The highest BCUT2D eigenvalue weighted by Gasteiger charge is 2.14. The van der Waals surface area contributed by atoms with Gasteiger partial charge in [-0.3, -0.25) is 4.79 Å². The van der Waals surface area contributed by atoms with Crippen molar-refractivity contribution >= 4 is 27.5 Å². The Kier molecular flexibility index (Phi) is 5.01. The fourth-order valence-corrected chi connectivity index (χ4v) is 3.79. The smallest absolute Gasteiger partial charge is 0.279 e. The topological polar surface area (TPSA) is 43.6 Å². The molecule has 5 heteroatoms. The number of thiazole rings is 1. The normalized spacial score (nSPS) is 12.6. The SMILES string of the molecule is CCOc1ccc2c(c1)sc(=NC(=O)c1ccc(C(C)(C)C)cc1)n2C. The molecule has 0 saturated heterocycles. The molecule has 0 N–H and O–H groups in total. The second-order valence-corrected chi connectivity index (χ2v) is 8.26. The molecule has 0 spiro atoms. The summed E-state index contributed by atoms with van der Waals surface area (Å²) in [5.74, 6) is 0.607. The molecule has 2 aromatic carbocycles. The average molecular weight is 369 g/mol. The summed E-state index contributed by atoms with van der Waals surface area (Å²) in [6.45, 7) is 9.05. The number of aryl methyl sites for hydroxylation is 1. The van der Waals surface area contributed by atoms with Gasteiger partial charge in [0.1, 0.15) is 5.75 Å². The lowest BCUT2D eigenvalue weighted by Crippen LogP contribution is -2.14. The van der Waals surface area contributed by atoms with Gasteiger partial charge in [-0.25, -0.2) is 0 Å². The first-order valence-corrected chi connectivity index (χ1v) is 9.53. The van der Waals surface area contributed by atoms with Crippen molar-refractivity contribution in [2.24, 2.45) is 12.0 Å². The predicted molar refractivity (Wildman–Crippen MR) is 107 cm³/mol. The predicted octanol–water partition coefficient (Wildman–Crippen LogP) is 4.68. The number of aromatic nitrogens is 1. The number of ether oxygens (including phenoxy) is 1. The minimum Gasteiger partial charge on any atom is -0.494 e. The summed E-state index contributed by atoms with van der Waals surface area (Å²) in [5, 5.41) is 0. The van der Waals surface area contributed by atoms with Gasteiger partial charge in [-0.2, -0.15) is 4.99 Å². The summed E-state index contributed by atoms with van der Waals surface area (Å²) in [7, 11) is 1.92. The van der Waals surface area contributed by atoms with Crippen LogP contribution in [0, 0.1) is 0 Å². The maximum atomic E-state index is 12.6. The number of fused-ring (bicyclic) bond motifs is 1. The first-order chi connectivity index (χ1) is 12.3. The third-order valence-corrected chi connectivity index (χ3v) is 5.38. The van der Waals surface area contributed by atoms with Crippen LogP contribution in [0.5, 0.6) is 5.75 Å². The highest BCUT2D eigenvalue weighted by atomic mass is 32.1. The molecule has 136 valence electrons. The van der Waals surface area contributed by atoms with Crippen LogP contribution in [0.1, 0.15) is 43.6 Å². The number of rotatable bonds is 3. The summed E-state index contributed by atoms with van der Waals surface area (Å²) >= 11 is 1.49. The molecule has 0 radical (unpaired) electrons. The summed E-state index contributed by atoms with van der Waals surface area (Å²) in [5.41, 5.74) is 2.90. The van der Waals surface area contributed by atoms with Crippen molar-refractivity contribution in [3.8, 4) is 5.75 Å². The lowest BCUT2D eigenvalue weighted by atomic mass is 9.87. The second-order valence-electron chi connectivity index (χ2n) is 7.25. The van der Waals surface area contributed by atoms with Gasteiger partial charge in [-0.15, -0.1) is 0 Å². The molecule has 4 nitrogen and oxygen atoms in total. The monoisotopic (exact) mass is 368 g/mol. The van der Waals surface area contributed by atoms with Gasteiger partial charge in [-0.05, 0) is 48.2 Å². The molecule has 26 heavy (non-hydrogen) atoms. The molecule has 3 aromatic rings. The molecular weight excluding hydrogens is 344 g/mol. The molecule has 1 heterocycles. The molecule has 0 atom stereocenters. The van der Waals surface area contributed by atoms with Crippen molar-refractivity contribution in [1.82, 2.24) is 4.57 Å². The van der Waals surface area contributed by atoms with E-state index in [0.717, 1.165) is 16.0 Å². The van der Waals surface area contributed by atoms with Crippen LogP contribution in [0.4, 0.5) is 0 Å². The fraction of sp³-hybridized carbons (Fsp3) is 0.333. The number of carbonyl (C=O) groups excluding carboxylic acids is 1. The van der Waals surface area contributed by atoms with Gasteiger partial charge < -0.3 is 9.30 Å². The third kappa shape index (κ3) is 3.73. The number of hydrogen-bond donors (Lipinski definition) is 0. The Morgan fingerprint density at radius 3 is 2.46 bits per heavy atom. The average Bonchev–Trinajstić information content (AvgIpc) is 2.90. The minimum absolute atomic E-state index is 0.0644. The Bertz CT molecular complexity index is 1010. The van der Waals surface area contributed by atoms with Crippen molar-refractivity contribution in [1.29, 1.82) is 0 Å². The number of hydrogen-bond acceptors (Lipinski definition) is 3. The van der Waals surface area contributed by atoms with Crippen molar-refractivity contribution in [3.05, 3.63) is 58.4 Å². The van der Waals surface area contributed by atoms with E-state index in [4.69, 9.17) is 4.74 Å². The third-order valence-electron chi connectivity index (χ3n) is 4.29. The summed E-state index contributed by atoms with van der Waals surface area (Å²) in [6.07, 6.45) is 0. The zero-order chi connectivity index (χ0) is 18.9. The highest BCUT2D eigenvalue weighted by molar-refractivity contribution is 7.16. The minimum atomic E-state index is -0.224. The lowest BCUT2D eigenvalue weighted by Gasteiger charge is -2.18. The molecule has 0 aliphatic rings. The summed E-state index contributed by atoms with van der Waals surface area (Å²) in [6, 6.07) is 13.6. The lowest BCUT2D eigenvalue weighted by molar-refractivity contribution is 0.0998. The van der Waals surface area contributed by atoms with Crippen LogP contribution in [0.3, 0.4) is 0 Å². The zero-order valence-corrected chi connectivity index (χ0v) is 16.7. The quantitative estimate of drug-likeness (QED) is 0.674. The fourth-order valence-electron chi connectivity index (χ4n) is 2.74. The molecule has 0 saturated carbocycles. The highest BCUT2D eigenvalue weighted by Crippen LogP contribution is 2.24. The van der Waals surface area contributed by atoms with E-state index in [2.05, 4.69) is 25.8 Å². The number of amides is 1. The van der Waals surface area contributed by atoms with E-state index in [1.54, 1.807) is 0 Å². The van der Waals surface area contributed by atoms with Gasteiger partial charge in [-0.1, -0.05) is 44.2 Å². The van der Waals surface area contributed by atoms with Crippen LogP contribution in [0.2, 0.25) is 0 Å². The van der Waals surface area contributed by atoms with Gasteiger partial charge in [0.15, 0.2) is 4.80 Å². The van der Waals surface area contributed by atoms with E-state index in [-0.39, 0.29) is 11.3 Å². The summed E-state index contributed by atoms with van der Waals surface area (Å²) in [4.78, 5) is 17.6. The molecule has 3 rings (SSSR count). The van der Waals surface area contributed by atoms with Crippen LogP contribution in [-0.4, -0.2) is 17.1 Å². The second kappa shape index (κ2) is 7.08. The molecule has 0 fully saturated rings. The maximum absolute atomic E-state index is 12.6. The van der Waals surface area contributed by atoms with Crippen molar-refractivity contribution in [3.63, 3.8) is 0 Å². The molecule has 0 unspecified atom stereocenters. The molecule has 0 bridgehead atoms. The Morgan fingerprint density at radius 2 is 1.85 bits per heavy atom. The van der Waals surface area contributed by atoms with E-state index in [1.807, 2.05) is 61.0 Å². The van der Waals surface area contributed by atoms with Crippen molar-refractivity contribution in [2.75, 3.05) is 6.61 Å². The van der Waals surface area contributed by atoms with Crippen LogP contribution in [0.15, 0.2) is 47.5 Å². The van der Waals surface area contributed by atoms with Gasteiger partial charge in [0, 0.05) is 12.6 Å². The summed E-state index contributed by atoms with van der Waals surface area (Å²) < 4.78 is 8.54. The number of benzene rings is 2. The Labute approximate surface area is 157 Å². The Morgan fingerprint density at radius 1 is 1.15 bits per heavy atom. The molecule has 0 aliphatic heterocycles. The van der Waals surface area contributed by atoms with Crippen LogP contribution in [-0.2, 0) is 12.5 Å². The molecular formula is C21H24N2O2S. The number of nitrogens with zero attached hydrogens (tertiary/aromatic N) is 2. The number of carbonyl (C=O) groups is 1. The zero-order valence-electron chi connectivity index (χ0n) is 15.9. The van der Waals surface area contributed by atoms with Gasteiger partial charge in [0.05, 0.1) is 16.8 Å². The first-order valence-electron chi connectivity index (χ1n) is 8.71. The largest absolute Gasteiger partial charge is 0.494 e. The van der Waals surface area contributed by atoms with Gasteiger partial charge in [0.25, 0.3) is 5.91 Å².